The van der Waals surface area contributed by atoms with Gasteiger partial charge in [-0.2, -0.15) is 0 Å². The minimum absolute atomic E-state index is 0.254. The van der Waals surface area contributed by atoms with Gasteiger partial charge in [0.25, 0.3) is 5.91 Å². The minimum Gasteiger partial charge on any atom is -0.493 e. The fraction of sp³-hybridized carbons (Fsp3) is 0.304. The number of hydrogen-bond acceptors (Lipinski definition) is 7. The monoisotopic (exact) mass is 423 g/mol. The number of rotatable bonds is 6. The van der Waals surface area contributed by atoms with E-state index in [4.69, 9.17) is 18.7 Å². The molecule has 0 saturated carbocycles. The molecule has 0 unspecified atom stereocenters. The zero-order chi connectivity index (χ0) is 22.0. The van der Waals surface area contributed by atoms with Crippen LogP contribution in [0, 0.1) is 6.92 Å². The molecule has 0 radical (unpaired) electrons. The maximum atomic E-state index is 13.1. The number of fused-ring (bicyclic) bond motifs is 1. The first-order valence-electron chi connectivity index (χ1n) is 9.95. The Balaban J connectivity index is 1.76. The summed E-state index contributed by atoms with van der Waals surface area (Å²) in [7, 11) is 5.18. The van der Waals surface area contributed by atoms with Gasteiger partial charge in [0.15, 0.2) is 17.2 Å². The number of nitrogens with zero attached hydrogens (tertiary/aromatic N) is 2. The summed E-state index contributed by atoms with van der Waals surface area (Å²) in [6.45, 7) is 3.30. The number of aryl methyl sites for hydroxylation is 1. The molecule has 0 saturated heterocycles. The van der Waals surface area contributed by atoms with Crippen LogP contribution in [0.15, 0.2) is 40.9 Å². The third-order valence-electron chi connectivity index (χ3n) is 5.22. The van der Waals surface area contributed by atoms with Gasteiger partial charge in [0.1, 0.15) is 18.1 Å². The molecule has 0 spiro atoms. The van der Waals surface area contributed by atoms with Crippen molar-refractivity contribution < 1.29 is 23.5 Å². The van der Waals surface area contributed by atoms with E-state index in [1.165, 1.54) is 0 Å². The second-order valence-corrected chi connectivity index (χ2v) is 7.29. The maximum absolute atomic E-state index is 13.1. The molecule has 1 amide bonds. The first-order chi connectivity index (χ1) is 15.0. The Morgan fingerprint density at radius 1 is 1.23 bits per heavy atom. The molecule has 3 aromatic rings. The van der Waals surface area contributed by atoms with E-state index < -0.39 is 0 Å². The van der Waals surface area contributed by atoms with Gasteiger partial charge in [-0.15, -0.1) is 0 Å². The highest BCUT2D eigenvalue weighted by atomic mass is 16.5. The third-order valence-corrected chi connectivity index (χ3v) is 5.22. The van der Waals surface area contributed by atoms with E-state index in [2.05, 4.69) is 15.4 Å². The molecule has 1 aromatic heterocycles. The molecule has 2 heterocycles. The van der Waals surface area contributed by atoms with Crippen molar-refractivity contribution in [2.45, 2.75) is 13.5 Å². The summed E-state index contributed by atoms with van der Waals surface area (Å²) in [6, 6.07) is 11.3. The molecular weight excluding hydrogens is 398 g/mol. The highest BCUT2D eigenvalue weighted by molar-refractivity contribution is 6.01. The van der Waals surface area contributed by atoms with Crippen LogP contribution in [0.3, 0.4) is 0 Å². The van der Waals surface area contributed by atoms with E-state index in [0.717, 1.165) is 23.4 Å². The number of carbonyl (C=O) groups excluding carboxylic acids is 1. The van der Waals surface area contributed by atoms with Crippen molar-refractivity contribution in [3.8, 4) is 28.4 Å². The maximum Gasteiger partial charge on any atom is 0.255 e. The fourth-order valence-electron chi connectivity index (χ4n) is 3.66. The van der Waals surface area contributed by atoms with Crippen molar-refractivity contribution in [1.82, 2.24) is 10.5 Å². The van der Waals surface area contributed by atoms with Crippen molar-refractivity contribution in [2.75, 3.05) is 39.3 Å². The Morgan fingerprint density at radius 3 is 2.77 bits per heavy atom. The van der Waals surface area contributed by atoms with Gasteiger partial charge in [0.2, 0.25) is 0 Å². The van der Waals surface area contributed by atoms with Crippen LogP contribution in [0.1, 0.15) is 21.8 Å². The standard InChI is InChI=1S/C23H25N3O5/c1-14-10-16(25-31-14)13-24-23(27)18-11-15(12-19-21(18)30-9-8-26(19)2)17-6-5-7-20(28-3)22(17)29-4/h5-7,10-12H,8-9,13H2,1-4H3,(H,24,27). The molecule has 0 fully saturated rings. The summed E-state index contributed by atoms with van der Waals surface area (Å²) in [5.41, 5.74) is 3.60. The molecular formula is C23H25N3O5. The van der Waals surface area contributed by atoms with Crippen LogP contribution in [-0.4, -0.2) is 45.5 Å². The van der Waals surface area contributed by atoms with Crippen LogP contribution < -0.4 is 24.4 Å². The van der Waals surface area contributed by atoms with E-state index >= 15 is 0 Å². The molecule has 1 N–H and O–H groups in total. The van der Waals surface area contributed by atoms with Gasteiger partial charge >= 0.3 is 0 Å². The quantitative estimate of drug-likeness (QED) is 0.650. The SMILES string of the molecule is COc1cccc(-c2cc(C(=O)NCc3cc(C)on3)c3c(c2)N(C)CCO3)c1OC. The van der Waals surface area contributed by atoms with Crippen molar-refractivity contribution in [3.63, 3.8) is 0 Å². The molecule has 162 valence electrons. The average molecular weight is 423 g/mol. The van der Waals surface area contributed by atoms with Gasteiger partial charge in [-0.05, 0) is 30.7 Å². The summed E-state index contributed by atoms with van der Waals surface area (Å²) < 4.78 is 22.0. The number of aromatic nitrogens is 1. The number of ether oxygens (including phenoxy) is 3. The number of methoxy groups -OCH3 is 2. The van der Waals surface area contributed by atoms with Gasteiger partial charge in [-0.25, -0.2) is 0 Å². The lowest BCUT2D eigenvalue weighted by molar-refractivity contribution is 0.0945. The molecule has 0 aliphatic carbocycles. The van der Waals surface area contributed by atoms with Crippen molar-refractivity contribution >= 4 is 11.6 Å². The number of anilines is 1. The van der Waals surface area contributed by atoms with Gasteiger partial charge in [0.05, 0.1) is 38.6 Å². The Hall–Kier alpha value is -3.68. The molecule has 0 bridgehead atoms. The predicted octanol–water partition coefficient (Wildman–Crippen LogP) is 3.43. The average Bonchev–Trinajstić information content (AvgIpc) is 3.21. The number of hydrogen-bond donors (Lipinski definition) is 1. The largest absolute Gasteiger partial charge is 0.493 e. The number of benzene rings is 2. The molecule has 2 aromatic carbocycles. The van der Waals surface area contributed by atoms with E-state index in [1.54, 1.807) is 20.3 Å². The summed E-state index contributed by atoms with van der Waals surface area (Å²) >= 11 is 0. The van der Waals surface area contributed by atoms with Crippen LogP contribution in [0.25, 0.3) is 11.1 Å². The summed E-state index contributed by atoms with van der Waals surface area (Å²) in [4.78, 5) is 15.2. The van der Waals surface area contributed by atoms with Gasteiger partial charge in [-0.1, -0.05) is 17.3 Å². The zero-order valence-electron chi connectivity index (χ0n) is 18.0. The first-order valence-corrected chi connectivity index (χ1v) is 9.95. The number of para-hydroxylation sites is 1. The summed E-state index contributed by atoms with van der Waals surface area (Å²) in [5, 5.41) is 6.84. The third kappa shape index (κ3) is 4.01. The zero-order valence-corrected chi connectivity index (χ0v) is 18.0. The van der Waals surface area contributed by atoms with E-state index in [9.17, 15) is 4.79 Å². The second-order valence-electron chi connectivity index (χ2n) is 7.29. The lowest BCUT2D eigenvalue weighted by Gasteiger charge is -2.30. The Labute approximate surface area is 180 Å². The number of amides is 1. The molecule has 8 nitrogen and oxygen atoms in total. The van der Waals surface area contributed by atoms with Gasteiger partial charge in [-0.3, -0.25) is 4.79 Å². The predicted molar refractivity (Wildman–Crippen MR) is 116 cm³/mol. The Morgan fingerprint density at radius 2 is 2.06 bits per heavy atom. The molecule has 31 heavy (non-hydrogen) atoms. The molecule has 1 aliphatic rings. The van der Waals surface area contributed by atoms with Crippen LogP contribution in [0.2, 0.25) is 0 Å². The Kier molecular flexibility index (Phi) is 5.70. The Bertz CT molecular complexity index is 1110. The molecule has 0 atom stereocenters. The molecule has 4 rings (SSSR count). The first kappa shape index (κ1) is 20.6. The van der Waals surface area contributed by atoms with Gasteiger partial charge < -0.3 is 29.0 Å². The van der Waals surface area contributed by atoms with Crippen molar-refractivity contribution in [1.29, 1.82) is 0 Å². The number of carbonyl (C=O) groups is 1. The van der Waals surface area contributed by atoms with Crippen molar-refractivity contribution in [3.05, 3.63) is 53.4 Å². The van der Waals surface area contributed by atoms with Crippen LogP contribution in [0.5, 0.6) is 17.2 Å². The summed E-state index contributed by atoms with van der Waals surface area (Å²) in [5.74, 6) is 2.23. The lowest BCUT2D eigenvalue weighted by Crippen LogP contribution is -2.31. The fourth-order valence-corrected chi connectivity index (χ4v) is 3.66. The molecule has 8 heteroatoms. The summed E-state index contributed by atoms with van der Waals surface area (Å²) in [6.07, 6.45) is 0. The van der Waals surface area contributed by atoms with Crippen LogP contribution in [0.4, 0.5) is 5.69 Å². The number of likely N-dealkylation sites (N-methyl/N-ethyl adjacent to an activating group) is 1. The normalized spacial score (nSPS) is 12.7. The minimum atomic E-state index is -0.254. The van der Waals surface area contributed by atoms with Crippen LogP contribution in [-0.2, 0) is 6.54 Å². The van der Waals surface area contributed by atoms with Crippen molar-refractivity contribution in [2.24, 2.45) is 0 Å². The van der Waals surface area contributed by atoms with E-state index in [0.29, 0.717) is 40.9 Å². The van der Waals surface area contributed by atoms with Gasteiger partial charge in [0, 0.05) is 18.7 Å². The topological polar surface area (TPSA) is 86.1 Å². The van der Waals surface area contributed by atoms with Crippen LogP contribution >= 0.6 is 0 Å². The van der Waals surface area contributed by atoms with E-state index in [1.807, 2.05) is 44.3 Å². The number of nitrogens with one attached hydrogen (secondary N) is 1. The highest BCUT2D eigenvalue weighted by Gasteiger charge is 2.25. The lowest BCUT2D eigenvalue weighted by atomic mass is 9.98. The smallest absolute Gasteiger partial charge is 0.255 e. The second kappa shape index (κ2) is 8.59. The molecule has 1 aliphatic heterocycles. The van der Waals surface area contributed by atoms with E-state index in [-0.39, 0.29) is 12.5 Å². The highest BCUT2D eigenvalue weighted by Crippen LogP contribution is 2.43.